The number of imide groups is 1. The SMILES string of the molecule is O=C1CCC(c2cccc(-c3ccc(N4C(=O)CC5CCC54)cc3)c2Cl)C(=O)N1. The molecular weight excluding hydrogens is 388 g/mol. The van der Waals surface area contributed by atoms with Crippen molar-refractivity contribution in [1.82, 2.24) is 5.32 Å². The van der Waals surface area contributed by atoms with Crippen LogP contribution in [0.4, 0.5) is 5.69 Å². The van der Waals surface area contributed by atoms with Gasteiger partial charge in [0.25, 0.3) is 0 Å². The van der Waals surface area contributed by atoms with E-state index in [-0.39, 0.29) is 17.7 Å². The first-order valence-electron chi connectivity index (χ1n) is 10.1. The molecule has 3 amide bonds. The number of piperidine rings is 1. The van der Waals surface area contributed by atoms with E-state index in [0.29, 0.717) is 36.2 Å². The number of halogens is 1. The average Bonchev–Trinajstić information content (AvgIpc) is 2.92. The summed E-state index contributed by atoms with van der Waals surface area (Å²) in [5.41, 5.74) is 3.45. The van der Waals surface area contributed by atoms with E-state index in [1.54, 1.807) is 0 Å². The van der Waals surface area contributed by atoms with E-state index in [2.05, 4.69) is 5.32 Å². The van der Waals surface area contributed by atoms with Gasteiger partial charge in [-0.3, -0.25) is 19.7 Å². The molecule has 0 aromatic heterocycles. The minimum atomic E-state index is -0.419. The molecule has 2 saturated heterocycles. The zero-order valence-corrected chi connectivity index (χ0v) is 16.6. The van der Waals surface area contributed by atoms with Crippen molar-refractivity contribution in [2.24, 2.45) is 5.92 Å². The molecule has 3 fully saturated rings. The molecule has 1 aliphatic carbocycles. The number of fused-ring (bicyclic) bond motifs is 1. The molecule has 2 aliphatic heterocycles. The number of nitrogens with zero attached hydrogens (tertiary/aromatic N) is 1. The van der Waals surface area contributed by atoms with Gasteiger partial charge in [0.2, 0.25) is 17.7 Å². The molecular formula is C23H21ClN2O3. The summed E-state index contributed by atoms with van der Waals surface area (Å²) >= 11 is 6.69. The summed E-state index contributed by atoms with van der Waals surface area (Å²) in [5, 5.41) is 2.93. The number of hydrogen-bond acceptors (Lipinski definition) is 3. The maximum atomic E-state index is 12.4. The van der Waals surface area contributed by atoms with Gasteiger partial charge in [-0.05, 0) is 48.4 Å². The third-order valence-electron chi connectivity index (χ3n) is 6.51. The van der Waals surface area contributed by atoms with Gasteiger partial charge in [-0.25, -0.2) is 0 Å². The number of carbonyl (C=O) groups excluding carboxylic acids is 3. The number of anilines is 1. The van der Waals surface area contributed by atoms with Crippen LogP contribution in [-0.4, -0.2) is 23.8 Å². The van der Waals surface area contributed by atoms with E-state index in [1.807, 2.05) is 47.4 Å². The summed E-state index contributed by atoms with van der Waals surface area (Å²) in [4.78, 5) is 38.0. The number of nitrogens with one attached hydrogen (secondary N) is 1. The molecule has 29 heavy (non-hydrogen) atoms. The summed E-state index contributed by atoms with van der Waals surface area (Å²) < 4.78 is 0. The average molecular weight is 409 g/mol. The molecule has 3 atom stereocenters. The van der Waals surface area contributed by atoms with Crippen molar-refractivity contribution in [2.45, 2.75) is 44.1 Å². The summed E-state index contributed by atoms with van der Waals surface area (Å²) in [7, 11) is 0. The summed E-state index contributed by atoms with van der Waals surface area (Å²) in [5.74, 6) is -0.223. The molecule has 148 valence electrons. The Balaban J connectivity index is 1.43. The highest BCUT2D eigenvalue weighted by Crippen LogP contribution is 2.44. The number of amides is 3. The molecule has 5 rings (SSSR count). The summed E-state index contributed by atoms with van der Waals surface area (Å²) in [6.07, 6.45) is 3.67. The molecule has 6 heteroatoms. The maximum Gasteiger partial charge on any atom is 0.234 e. The van der Waals surface area contributed by atoms with E-state index in [0.717, 1.165) is 35.2 Å². The Morgan fingerprint density at radius 2 is 1.76 bits per heavy atom. The molecule has 3 aliphatic rings. The Labute approximate surface area is 174 Å². The van der Waals surface area contributed by atoms with Crippen LogP contribution in [0.2, 0.25) is 5.02 Å². The lowest BCUT2D eigenvalue weighted by Crippen LogP contribution is -2.40. The number of rotatable bonds is 3. The molecule has 0 bridgehead atoms. The first kappa shape index (κ1) is 18.4. The molecule has 3 unspecified atom stereocenters. The van der Waals surface area contributed by atoms with E-state index < -0.39 is 5.92 Å². The van der Waals surface area contributed by atoms with Crippen LogP contribution in [0, 0.1) is 5.92 Å². The Morgan fingerprint density at radius 3 is 2.41 bits per heavy atom. The third-order valence-corrected chi connectivity index (χ3v) is 6.94. The Bertz CT molecular complexity index is 1020. The Morgan fingerprint density at radius 1 is 0.966 bits per heavy atom. The van der Waals surface area contributed by atoms with Gasteiger partial charge in [0, 0.05) is 30.1 Å². The number of benzene rings is 2. The second kappa shape index (κ2) is 6.99. The molecule has 1 saturated carbocycles. The van der Waals surface area contributed by atoms with Gasteiger partial charge < -0.3 is 4.90 Å². The lowest BCUT2D eigenvalue weighted by molar-refractivity contribution is -0.134. The van der Waals surface area contributed by atoms with Crippen LogP contribution < -0.4 is 10.2 Å². The maximum absolute atomic E-state index is 12.4. The van der Waals surface area contributed by atoms with Crippen LogP contribution in [-0.2, 0) is 14.4 Å². The molecule has 0 spiro atoms. The van der Waals surface area contributed by atoms with Crippen molar-refractivity contribution >= 4 is 35.0 Å². The standard InChI is InChI=1S/C23H21ClN2O3/c24-22-16(2-1-3-17(22)18-9-11-20(27)25-23(18)29)13-4-7-15(8-5-13)26-19-10-6-14(19)12-21(26)28/h1-5,7-8,14,18-19H,6,9-12H2,(H,25,27,29). The fourth-order valence-electron chi connectivity index (χ4n) is 4.81. The zero-order chi connectivity index (χ0) is 20.1. The normalized spacial score (nSPS) is 26.2. The molecule has 5 nitrogen and oxygen atoms in total. The van der Waals surface area contributed by atoms with Crippen LogP contribution in [0.15, 0.2) is 42.5 Å². The van der Waals surface area contributed by atoms with Crippen LogP contribution >= 0.6 is 11.6 Å². The predicted molar refractivity (Wildman–Crippen MR) is 111 cm³/mol. The monoisotopic (exact) mass is 408 g/mol. The molecule has 2 heterocycles. The predicted octanol–water partition coefficient (Wildman–Crippen LogP) is 4.04. The second-order valence-electron chi connectivity index (χ2n) is 8.13. The van der Waals surface area contributed by atoms with Crippen molar-refractivity contribution in [3.63, 3.8) is 0 Å². The second-order valence-corrected chi connectivity index (χ2v) is 8.51. The van der Waals surface area contributed by atoms with Gasteiger partial charge in [0.05, 0.1) is 10.9 Å². The van der Waals surface area contributed by atoms with Gasteiger partial charge in [-0.2, -0.15) is 0 Å². The summed E-state index contributed by atoms with van der Waals surface area (Å²) in [6, 6.07) is 13.9. The fourth-order valence-corrected chi connectivity index (χ4v) is 5.17. The third kappa shape index (κ3) is 3.04. The quantitative estimate of drug-likeness (QED) is 0.779. The van der Waals surface area contributed by atoms with Gasteiger partial charge in [0.15, 0.2) is 0 Å². The first-order chi connectivity index (χ1) is 14.0. The largest absolute Gasteiger partial charge is 0.309 e. The number of carbonyl (C=O) groups is 3. The molecule has 0 radical (unpaired) electrons. The summed E-state index contributed by atoms with van der Waals surface area (Å²) in [6.45, 7) is 0. The van der Waals surface area contributed by atoms with E-state index in [1.165, 1.54) is 0 Å². The lowest BCUT2D eigenvalue weighted by Gasteiger charge is -2.35. The minimum Gasteiger partial charge on any atom is -0.309 e. The molecule has 2 aromatic rings. The minimum absolute atomic E-state index is 0.211. The van der Waals surface area contributed by atoms with E-state index in [9.17, 15) is 14.4 Å². The van der Waals surface area contributed by atoms with Crippen LogP contribution in [0.3, 0.4) is 0 Å². The highest BCUT2D eigenvalue weighted by molar-refractivity contribution is 6.34. The smallest absolute Gasteiger partial charge is 0.234 e. The van der Waals surface area contributed by atoms with Gasteiger partial charge in [0.1, 0.15) is 0 Å². The van der Waals surface area contributed by atoms with Gasteiger partial charge in [-0.1, -0.05) is 41.9 Å². The molecule has 1 N–H and O–H groups in total. The van der Waals surface area contributed by atoms with Gasteiger partial charge in [-0.15, -0.1) is 0 Å². The lowest BCUT2D eigenvalue weighted by atomic mass is 9.80. The van der Waals surface area contributed by atoms with Crippen molar-refractivity contribution in [3.8, 4) is 11.1 Å². The van der Waals surface area contributed by atoms with Crippen LogP contribution in [0.5, 0.6) is 0 Å². The Kier molecular flexibility index (Phi) is 4.43. The van der Waals surface area contributed by atoms with E-state index >= 15 is 0 Å². The zero-order valence-electron chi connectivity index (χ0n) is 15.9. The van der Waals surface area contributed by atoms with Crippen molar-refractivity contribution in [3.05, 3.63) is 53.1 Å². The highest BCUT2D eigenvalue weighted by atomic mass is 35.5. The van der Waals surface area contributed by atoms with E-state index in [4.69, 9.17) is 11.6 Å². The van der Waals surface area contributed by atoms with Crippen LogP contribution in [0.25, 0.3) is 11.1 Å². The van der Waals surface area contributed by atoms with Crippen LogP contribution in [0.1, 0.15) is 43.6 Å². The van der Waals surface area contributed by atoms with Crippen molar-refractivity contribution < 1.29 is 14.4 Å². The number of hydrogen-bond donors (Lipinski definition) is 1. The molecule has 2 aromatic carbocycles. The fraction of sp³-hybridized carbons (Fsp3) is 0.348. The van der Waals surface area contributed by atoms with Crippen molar-refractivity contribution in [2.75, 3.05) is 4.90 Å². The first-order valence-corrected chi connectivity index (χ1v) is 10.5. The highest BCUT2D eigenvalue weighted by Gasteiger charge is 2.46. The van der Waals surface area contributed by atoms with Gasteiger partial charge >= 0.3 is 0 Å². The van der Waals surface area contributed by atoms with Crippen molar-refractivity contribution in [1.29, 1.82) is 0 Å². The Hall–Kier alpha value is -2.66. The topological polar surface area (TPSA) is 66.5 Å².